The van der Waals surface area contributed by atoms with Crippen LogP contribution >= 0.6 is 11.8 Å². The molecule has 0 aliphatic carbocycles. The Morgan fingerprint density at radius 3 is 2.62 bits per heavy atom. The lowest BCUT2D eigenvalue weighted by Gasteiger charge is -2.06. The Bertz CT molecular complexity index is 673. The van der Waals surface area contributed by atoms with E-state index in [0.717, 1.165) is 17.1 Å². The molecule has 0 aliphatic heterocycles. The maximum absolute atomic E-state index is 5.73. The number of H-pyrrole nitrogens is 1. The second-order valence-corrected chi connectivity index (χ2v) is 5.90. The molecule has 3 aromatic rings. The van der Waals surface area contributed by atoms with E-state index in [4.69, 9.17) is 10.5 Å². The molecule has 4 heteroatoms. The zero-order valence-corrected chi connectivity index (χ0v) is 12.5. The van der Waals surface area contributed by atoms with Gasteiger partial charge in [0.25, 0.3) is 0 Å². The first-order valence-electron chi connectivity index (χ1n) is 6.97. The van der Waals surface area contributed by atoms with Crippen LogP contribution in [0.4, 0.5) is 0 Å². The summed E-state index contributed by atoms with van der Waals surface area (Å²) in [5.41, 5.74) is 7.87. The van der Waals surface area contributed by atoms with E-state index < -0.39 is 0 Å². The predicted octanol–water partition coefficient (Wildman–Crippen LogP) is 3.80. The first kappa shape index (κ1) is 14.0. The smallest absolute Gasteiger partial charge is 0.119 e. The Morgan fingerprint density at radius 2 is 1.86 bits per heavy atom. The van der Waals surface area contributed by atoms with Crippen LogP contribution in [-0.4, -0.2) is 17.3 Å². The Kier molecular flexibility index (Phi) is 4.48. The summed E-state index contributed by atoms with van der Waals surface area (Å²) in [6.45, 7) is 1.25. The number of thioether (sulfide) groups is 1. The Labute approximate surface area is 128 Å². The number of nitrogens with two attached hydrogens (primary N) is 1. The Balaban J connectivity index is 1.49. The molecule has 21 heavy (non-hydrogen) atoms. The number of benzene rings is 2. The summed E-state index contributed by atoms with van der Waals surface area (Å²) < 4.78 is 5.73. The largest absolute Gasteiger partial charge is 0.493 e. The average molecular weight is 298 g/mol. The van der Waals surface area contributed by atoms with Crippen LogP contribution in [0, 0.1) is 0 Å². The fraction of sp³-hybridized carbons (Fsp3) is 0.176. The SMILES string of the molecule is NCc1ccc(OCCSc2cc3ccccc3[nH]2)cc1. The summed E-state index contributed by atoms with van der Waals surface area (Å²) >= 11 is 1.77. The topological polar surface area (TPSA) is 51.0 Å². The van der Waals surface area contributed by atoms with E-state index in [-0.39, 0.29) is 0 Å². The second-order valence-electron chi connectivity index (χ2n) is 4.77. The van der Waals surface area contributed by atoms with Crippen LogP contribution in [0.5, 0.6) is 5.75 Å². The first-order chi connectivity index (χ1) is 10.3. The van der Waals surface area contributed by atoms with E-state index in [9.17, 15) is 0 Å². The van der Waals surface area contributed by atoms with Crippen molar-refractivity contribution in [1.82, 2.24) is 4.98 Å². The van der Waals surface area contributed by atoms with Gasteiger partial charge < -0.3 is 15.5 Å². The number of rotatable bonds is 6. The van der Waals surface area contributed by atoms with Crippen molar-refractivity contribution in [3.05, 3.63) is 60.2 Å². The Hall–Kier alpha value is -1.91. The van der Waals surface area contributed by atoms with Crippen molar-refractivity contribution in [2.45, 2.75) is 11.6 Å². The van der Waals surface area contributed by atoms with Crippen LogP contribution in [0.2, 0.25) is 0 Å². The lowest BCUT2D eigenvalue weighted by atomic mass is 10.2. The standard InChI is InChI=1S/C17H18N2OS/c18-12-13-5-7-15(8-6-13)20-9-10-21-17-11-14-3-1-2-4-16(14)19-17/h1-8,11,19H,9-10,12,18H2. The highest BCUT2D eigenvalue weighted by molar-refractivity contribution is 7.99. The van der Waals surface area contributed by atoms with Gasteiger partial charge in [0, 0.05) is 23.2 Å². The quantitative estimate of drug-likeness (QED) is 0.537. The molecule has 0 spiro atoms. The first-order valence-corrected chi connectivity index (χ1v) is 7.96. The van der Waals surface area contributed by atoms with Crippen molar-refractivity contribution in [2.24, 2.45) is 5.73 Å². The van der Waals surface area contributed by atoms with Gasteiger partial charge in [0.1, 0.15) is 5.75 Å². The molecule has 0 amide bonds. The molecule has 3 rings (SSSR count). The normalized spacial score (nSPS) is 10.9. The zero-order valence-electron chi connectivity index (χ0n) is 11.7. The maximum atomic E-state index is 5.73. The third-order valence-electron chi connectivity index (χ3n) is 3.27. The van der Waals surface area contributed by atoms with E-state index in [0.29, 0.717) is 13.2 Å². The van der Waals surface area contributed by atoms with Gasteiger partial charge in [0.2, 0.25) is 0 Å². The van der Waals surface area contributed by atoms with Gasteiger partial charge in [-0.05, 0) is 29.8 Å². The van der Waals surface area contributed by atoms with E-state index in [1.54, 1.807) is 11.8 Å². The Morgan fingerprint density at radius 1 is 1.05 bits per heavy atom. The molecule has 0 unspecified atom stereocenters. The van der Waals surface area contributed by atoms with Gasteiger partial charge in [-0.2, -0.15) is 0 Å². The van der Waals surface area contributed by atoms with E-state index in [1.165, 1.54) is 15.9 Å². The molecular weight excluding hydrogens is 280 g/mol. The lowest BCUT2D eigenvalue weighted by molar-refractivity contribution is 0.344. The van der Waals surface area contributed by atoms with Crippen molar-refractivity contribution in [3.63, 3.8) is 0 Å². The van der Waals surface area contributed by atoms with Gasteiger partial charge in [-0.1, -0.05) is 30.3 Å². The van der Waals surface area contributed by atoms with Gasteiger partial charge >= 0.3 is 0 Å². The maximum Gasteiger partial charge on any atom is 0.119 e. The van der Waals surface area contributed by atoms with E-state index >= 15 is 0 Å². The molecule has 0 atom stereocenters. The zero-order chi connectivity index (χ0) is 14.5. The van der Waals surface area contributed by atoms with Crippen LogP contribution < -0.4 is 10.5 Å². The highest BCUT2D eigenvalue weighted by Gasteiger charge is 2.01. The summed E-state index contributed by atoms with van der Waals surface area (Å²) in [5.74, 6) is 1.80. The molecule has 2 aromatic carbocycles. The number of hydrogen-bond donors (Lipinski definition) is 2. The number of hydrogen-bond acceptors (Lipinski definition) is 3. The number of nitrogens with one attached hydrogen (secondary N) is 1. The third-order valence-corrected chi connectivity index (χ3v) is 4.18. The summed E-state index contributed by atoms with van der Waals surface area (Å²) in [5, 5.41) is 2.43. The number of para-hydroxylation sites is 1. The lowest BCUT2D eigenvalue weighted by Crippen LogP contribution is -2.01. The van der Waals surface area contributed by atoms with Crippen LogP contribution in [0.25, 0.3) is 10.9 Å². The van der Waals surface area contributed by atoms with Gasteiger partial charge in [0.05, 0.1) is 11.6 Å². The minimum Gasteiger partial charge on any atom is -0.493 e. The summed E-state index contributed by atoms with van der Waals surface area (Å²) in [6.07, 6.45) is 0. The molecule has 1 aromatic heterocycles. The summed E-state index contributed by atoms with van der Waals surface area (Å²) in [7, 11) is 0. The highest BCUT2D eigenvalue weighted by atomic mass is 32.2. The van der Waals surface area contributed by atoms with Gasteiger partial charge in [0.15, 0.2) is 0 Å². The van der Waals surface area contributed by atoms with Crippen molar-refractivity contribution < 1.29 is 4.74 Å². The van der Waals surface area contributed by atoms with E-state index in [2.05, 4.69) is 29.2 Å². The number of fused-ring (bicyclic) bond motifs is 1. The number of ether oxygens (including phenoxy) is 1. The summed E-state index contributed by atoms with van der Waals surface area (Å²) in [4.78, 5) is 3.40. The molecule has 0 saturated heterocycles. The van der Waals surface area contributed by atoms with Gasteiger partial charge in [-0.25, -0.2) is 0 Å². The monoisotopic (exact) mass is 298 g/mol. The third kappa shape index (κ3) is 3.60. The van der Waals surface area contributed by atoms with Crippen molar-refractivity contribution in [3.8, 4) is 5.75 Å². The van der Waals surface area contributed by atoms with Gasteiger partial charge in [-0.3, -0.25) is 0 Å². The molecule has 0 radical (unpaired) electrons. The minimum absolute atomic E-state index is 0.566. The molecule has 1 heterocycles. The van der Waals surface area contributed by atoms with Crippen molar-refractivity contribution in [2.75, 3.05) is 12.4 Å². The molecule has 3 nitrogen and oxygen atoms in total. The molecule has 108 valence electrons. The fourth-order valence-corrected chi connectivity index (χ4v) is 2.94. The van der Waals surface area contributed by atoms with E-state index in [1.807, 2.05) is 30.3 Å². The molecule has 3 N–H and O–H groups in total. The van der Waals surface area contributed by atoms with Crippen LogP contribution in [0.3, 0.4) is 0 Å². The molecular formula is C17H18N2OS. The molecule has 0 fully saturated rings. The number of aromatic nitrogens is 1. The van der Waals surface area contributed by atoms with Crippen molar-refractivity contribution in [1.29, 1.82) is 0 Å². The number of aromatic amines is 1. The molecule has 0 saturated carbocycles. The molecule has 0 bridgehead atoms. The summed E-state index contributed by atoms with van der Waals surface area (Å²) in [6, 6.07) is 18.4. The predicted molar refractivity (Wildman–Crippen MR) is 88.9 cm³/mol. The fourth-order valence-electron chi connectivity index (χ4n) is 2.16. The highest BCUT2D eigenvalue weighted by Crippen LogP contribution is 2.23. The van der Waals surface area contributed by atoms with Crippen LogP contribution in [-0.2, 0) is 6.54 Å². The average Bonchev–Trinajstić information content (AvgIpc) is 2.95. The van der Waals surface area contributed by atoms with Gasteiger partial charge in [-0.15, -0.1) is 11.8 Å². The van der Waals surface area contributed by atoms with Crippen molar-refractivity contribution >= 4 is 22.7 Å². The molecule has 0 aliphatic rings. The second kappa shape index (κ2) is 6.70. The minimum atomic E-state index is 0.566. The van der Waals surface area contributed by atoms with Crippen LogP contribution in [0.1, 0.15) is 5.56 Å². The van der Waals surface area contributed by atoms with Crippen LogP contribution in [0.15, 0.2) is 59.6 Å².